The predicted octanol–water partition coefficient (Wildman–Crippen LogP) is 10.3. The Bertz CT molecular complexity index is 3920. The van der Waals surface area contributed by atoms with Gasteiger partial charge in [0.2, 0.25) is 35.4 Å². The van der Waals surface area contributed by atoms with Gasteiger partial charge in [-0.05, 0) is 179 Å². The van der Waals surface area contributed by atoms with Gasteiger partial charge in [-0.15, -0.1) is 0 Å². The van der Waals surface area contributed by atoms with Crippen LogP contribution < -0.4 is 64.2 Å². The molecule has 9 fully saturated rings. The molecule has 0 aromatic heterocycles. The first-order chi connectivity index (χ1) is 62.6. The van der Waals surface area contributed by atoms with Crippen LogP contribution in [0.1, 0.15) is 277 Å². The summed E-state index contributed by atoms with van der Waals surface area (Å²) in [5.74, 6) is -11.4. The van der Waals surface area contributed by atoms with Gasteiger partial charge in [-0.25, -0.2) is 38.4 Å². The van der Waals surface area contributed by atoms with Crippen LogP contribution >= 0.6 is 11.6 Å². The number of carbonyl (C=O) groups excluding carboxylic acids is 18. The molecule has 6 saturated carbocycles. The molecule has 9 rings (SSSR count). The molecular weight excluding hydrogens is 2090 g/mol. The molecule has 0 aromatic rings. The summed E-state index contributed by atoms with van der Waals surface area (Å²) in [5.41, 5.74) is -2.21. The van der Waals surface area contributed by atoms with E-state index in [2.05, 4.69) is 132 Å². The third kappa shape index (κ3) is 52.1. The molecule has 8 unspecified atom stereocenters. The Kier molecular flexibility index (Phi) is 69.4. The topological polar surface area (TPSA) is 642 Å². The van der Waals surface area contributed by atoms with Crippen LogP contribution in [0.25, 0.3) is 0 Å². The Balaban J connectivity index is -0.000000359. The number of esters is 3. The van der Waals surface area contributed by atoms with Crippen molar-refractivity contribution in [2.45, 2.75) is 342 Å². The first kappa shape index (κ1) is 142. The van der Waals surface area contributed by atoms with Gasteiger partial charge in [-0.2, -0.15) is 32.4 Å². The molecule has 139 heavy (non-hydrogen) atoms. The number of alkyl halides is 3. The maximum Gasteiger partial charge on any atom is 0.490 e. The maximum absolute atomic E-state index is 12.1. The number of halogens is 4. The van der Waals surface area contributed by atoms with Crippen LogP contribution in [0.15, 0.2) is 0 Å². The first-order valence-electron chi connectivity index (χ1n) is 44.2. The Morgan fingerprint density at radius 2 is 0.669 bits per heavy atom. The van der Waals surface area contributed by atoms with Gasteiger partial charge < -0.3 is 125 Å². The van der Waals surface area contributed by atoms with Crippen LogP contribution in [0.5, 0.6) is 0 Å². The molecule has 16 N–H and O–H groups in total. The van der Waals surface area contributed by atoms with E-state index in [0.29, 0.717) is 70.6 Å². The molecule has 3 saturated heterocycles. The molecule has 0 aromatic carbocycles. The van der Waals surface area contributed by atoms with Crippen molar-refractivity contribution in [3.8, 4) is 0 Å². The van der Waals surface area contributed by atoms with Gasteiger partial charge in [0.25, 0.3) is 0 Å². The summed E-state index contributed by atoms with van der Waals surface area (Å²) < 4.78 is 66.5. The molecule has 6 aliphatic carbocycles. The number of nitrogens with two attached hydrogens (primary N) is 1. The molecule has 43 nitrogen and oxygen atoms in total. The fourth-order valence-corrected chi connectivity index (χ4v) is 14.7. The van der Waals surface area contributed by atoms with Crippen molar-refractivity contribution in [1.29, 1.82) is 0 Å². The summed E-state index contributed by atoms with van der Waals surface area (Å²) in [6.07, 6.45) is 14.0. The smallest absolute Gasteiger partial charge is 0.490 e. The molecule has 3 aliphatic heterocycles. The number of carboxylic acid groups (broad SMARTS) is 3. The van der Waals surface area contributed by atoms with Gasteiger partial charge in [-0.1, -0.05) is 90.2 Å². The summed E-state index contributed by atoms with van der Waals surface area (Å²) in [5, 5.41) is 48.3. The van der Waals surface area contributed by atoms with E-state index in [0.717, 1.165) is 51.4 Å². The fraction of sp³-hybridized carbons (Fsp3) is 0.697. The minimum absolute atomic E-state index is 0. The number of alkyl carbamates (subject to hydrolysis) is 4. The van der Waals surface area contributed by atoms with Crippen LogP contribution in [0.2, 0.25) is 0 Å². The number of urea groups is 3. The van der Waals surface area contributed by atoms with Crippen LogP contribution in [-0.2, 0) is 198 Å². The number of carbonyl (C=O) groups is 21. The minimum Gasteiger partial charge on any atom is -0.503 e. The summed E-state index contributed by atoms with van der Waals surface area (Å²) >= 11 is 4.52. The molecule has 789 valence electrons. The van der Waals surface area contributed by atoms with E-state index in [1.165, 1.54) is 59.9 Å². The largest absolute Gasteiger partial charge is 0.503 e. The Hall–Kier alpha value is -8.17. The fourth-order valence-electron chi connectivity index (χ4n) is 14.7. The monoisotopic (exact) mass is 2240 g/mol. The average Bonchev–Trinajstić information content (AvgIpc) is 1.63. The number of ether oxygens (including phenoxy) is 7. The maximum atomic E-state index is 12.1. The molecular formula is C89H144ClF3N12O31Y3-6. The zero-order valence-electron chi connectivity index (χ0n) is 83.0. The van der Waals surface area contributed by atoms with E-state index in [9.17, 15) is 99.5 Å². The molecule has 0 bridgehead atoms. The van der Waals surface area contributed by atoms with E-state index in [-0.39, 0.29) is 135 Å². The zero-order chi connectivity index (χ0) is 106. The van der Waals surface area contributed by atoms with Crippen LogP contribution in [0.3, 0.4) is 0 Å². The summed E-state index contributed by atoms with van der Waals surface area (Å²) in [6.45, 7) is 47.1. The standard InChI is InChI=1S/C14H23NO6.C13H19N3O5.C12H21NO4.C11H19NO4.C10H12N3O4.C8H11N3O3.3C5H11.C2H2ClO.C2HF3O2.C2H3O2.3Y/c1-13(2,3)21-12(18)15-9-7-6-8-14(9,10(16)19-4)11(17)20-5;1-12(2,3)21-11(20)14-7-5-4-6-13(7)8(17)15-10(19)16-9(13)18;1-12(2,3)17-11(15)13-9-7-5-6-8(9)10(14)16-4;1-11(2,3)16-10(15)12-8-6-4-5-7(8)9(13)14;1-5(14)11-6-3-2-4-10(6)7(15)12-9(17)13-8(10)16;9-4-2-1-3-8(4)5(12)10-7(14)11-6(8)13;3*1-3-5-4-2;1-2(3)4;3-2(4,5)1(6)7;1-2(3)4;;;/h9H,6-8H2,1-5H3,(H,15,18);7H,4-6H2,1-3H3,(H,14,20)(H2,15,16,17,18,19);8-9H,5-7H2,1-4H3,(H,13,15);7-8H,4-6H2,1-3H3,(H,12,15)(H,13,14);6H,1-4H2,(H,11,14)(H2,12,13,15,16,17);4H,1-3,9H2,(H2,10,11,12,13,14);3*1,3-5H2,2H3;1H2;(H,6,7);1H2,(H,3,4);;;/q;;;;-1;;4*-1;;-1;;;. The van der Waals surface area contributed by atoms with E-state index in [1.807, 2.05) is 0 Å². The van der Waals surface area contributed by atoms with Gasteiger partial charge >= 0.3 is 78.5 Å². The zero-order valence-corrected chi connectivity index (χ0v) is 92.3. The van der Waals surface area contributed by atoms with Gasteiger partial charge in [0, 0.05) is 122 Å². The van der Waals surface area contributed by atoms with Gasteiger partial charge in [-0.3, -0.25) is 91.6 Å². The van der Waals surface area contributed by atoms with Gasteiger partial charge in [0.15, 0.2) is 11.4 Å². The Labute approximate surface area is 892 Å². The molecule has 8 atom stereocenters. The number of imide groups is 6. The summed E-state index contributed by atoms with van der Waals surface area (Å²) in [4.78, 5) is 235. The van der Waals surface area contributed by atoms with E-state index in [1.54, 1.807) is 83.1 Å². The third-order valence-corrected chi connectivity index (χ3v) is 20.6. The molecule has 3 spiro atoms. The van der Waals surface area contributed by atoms with Crippen molar-refractivity contribution in [3.63, 3.8) is 0 Å². The second kappa shape index (κ2) is 68.1. The number of barbiturate groups is 3. The number of amides is 17. The Morgan fingerprint density at radius 3 is 0.921 bits per heavy atom. The van der Waals surface area contributed by atoms with Gasteiger partial charge in [0.05, 0.1) is 56.4 Å². The van der Waals surface area contributed by atoms with E-state index < -0.39 is 199 Å². The number of carboxylic acids is 3. The third-order valence-electron chi connectivity index (χ3n) is 20.6. The van der Waals surface area contributed by atoms with Crippen molar-refractivity contribution in [2.24, 2.45) is 39.2 Å². The van der Waals surface area contributed by atoms with Crippen LogP contribution in [0, 0.1) is 75.0 Å². The van der Waals surface area contributed by atoms with Crippen LogP contribution in [-0.4, -0.2) is 226 Å². The number of aliphatic carboxylic acids is 3. The molecule has 50 heteroatoms. The normalized spacial score (nSPS) is 20.8. The summed E-state index contributed by atoms with van der Waals surface area (Å²) in [6, 6.07) is -5.38. The Morgan fingerprint density at radius 1 is 0.410 bits per heavy atom. The van der Waals surface area contributed by atoms with Crippen molar-refractivity contribution >= 4 is 136 Å². The number of rotatable bonds is 15. The molecule has 9 aliphatic rings. The number of unbranched alkanes of at least 4 members (excludes halogenated alkanes) is 6. The van der Waals surface area contributed by atoms with Crippen molar-refractivity contribution in [3.05, 3.63) is 41.5 Å². The quantitative estimate of drug-likeness (QED) is 0.0238. The number of hydrogen-bond acceptors (Lipinski definition) is 29. The SMILES string of the molecule is CC(C)(C)OC(=O)NC1CCCC12C(=O)NC(=O)NC2=O.CC(C)(C)OC(=O)NC1CCCC1C(=O)O.COC(=O)C1(C(=O)OC)CCCC1NC(=O)OC(C)(C)C.COC(=O)C1CCCC1NC(=O)OC(C)(C)C.NC1CCCC12C(=O)NC(=O)NC2=O.O=C(O)C(F)(F)F.[CH2-]C(=O)Cl.[CH2-]C(=O)NC1CCCC12C(=O)NC(=O)NC2=O.[CH2-]C(=O)O.[CH2-]CCCC.[CH2-]CCCC.[CH2-]CCCC.[Y].[Y].[Y]. The second-order valence-corrected chi connectivity index (χ2v) is 36.3. The number of nitrogens with one attached hydrogen (secondary N) is 11. The van der Waals surface area contributed by atoms with Crippen LogP contribution in [0.4, 0.5) is 46.7 Å². The number of hydrogen-bond donors (Lipinski definition) is 15. The second-order valence-electron chi connectivity index (χ2n) is 35.9. The van der Waals surface area contributed by atoms with Gasteiger partial charge in [0.1, 0.15) is 38.6 Å². The first-order valence-corrected chi connectivity index (χ1v) is 44.6. The van der Waals surface area contributed by atoms with E-state index in [4.69, 9.17) is 68.6 Å². The minimum atomic E-state index is -5.08. The number of methoxy groups -OCH3 is 3. The molecule has 3 heterocycles. The van der Waals surface area contributed by atoms with Crippen molar-refractivity contribution in [1.82, 2.24) is 58.5 Å². The van der Waals surface area contributed by atoms with Crippen molar-refractivity contribution in [2.75, 3.05) is 21.3 Å². The molecule has 17 amide bonds. The summed E-state index contributed by atoms with van der Waals surface area (Å²) in [7, 11) is 3.77. The van der Waals surface area contributed by atoms with E-state index >= 15 is 0 Å². The molecule has 3 radical (unpaired) electrons. The van der Waals surface area contributed by atoms with Crippen molar-refractivity contribution < 1.29 is 260 Å². The average molecular weight is 2240 g/mol. The predicted molar refractivity (Wildman–Crippen MR) is 484 cm³/mol.